The van der Waals surface area contributed by atoms with Crippen molar-refractivity contribution in [2.75, 3.05) is 33.0 Å². The van der Waals surface area contributed by atoms with Crippen LogP contribution < -0.4 is 0 Å². The fourth-order valence-electron chi connectivity index (χ4n) is 8.66. The number of unbranched alkanes of at least 4 members (excludes halogenated alkanes) is 3. The second-order valence-corrected chi connectivity index (χ2v) is 17.4. The van der Waals surface area contributed by atoms with Gasteiger partial charge in [-0.1, -0.05) is 153 Å². The van der Waals surface area contributed by atoms with Crippen molar-refractivity contribution in [3.8, 4) is 57.8 Å². The lowest BCUT2D eigenvalue weighted by Crippen LogP contribution is -2.43. The predicted molar refractivity (Wildman–Crippen MR) is 291 cm³/mol. The number of esters is 4. The highest BCUT2D eigenvalue weighted by molar-refractivity contribution is 6.03. The molecule has 0 aliphatic heterocycles. The van der Waals surface area contributed by atoms with Crippen molar-refractivity contribution >= 4 is 23.9 Å². The highest BCUT2D eigenvalue weighted by Crippen LogP contribution is 2.51. The normalized spacial score (nSPS) is 11.6. The third kappa shape index (κ3) is 16.0. The number of carbonyl (C=O) groups excluding carboxylic acids is 4. The van der Waals surface area contributed by atoms with Crippen LogP contribution in [0.3, 0.4) is 0 Å². The fraction of sp³-hybridized carbons (Fsp3) is 0.375. The molecule has 0 spiro atoms. The molecule has 10 nitrogen and oxygen atoms in total. The molecule has 6 rings (SSSR count). The van der Waals surface area contributed by atoms with Crippen LogP contribution in [0.2, 0.25) is 0 Å². The minimum Gasteiger partial charge on any atom is -0.465 e. The number of aliphatic hydroxyl groups is 2. The van der Waals surface area contributed by atoms with Gasteiger partial charge in [-0.3, -0.25) is 19.2 Å². The van der Waals surface area contributed by atoms with Crippen molar-refractivity contribution in [1.82, 2.24) is 0 Å². The lowest BCUT2D eigenvalue weighted by atomic mass is 9.81. The van der Waals surface area contributed by atoms with Crippen LogP contribution in [-0.4, -0.2) is 67.1 Å². The van der Waals surface area contributed by atoms with Crippen molar-refractivity contribution in [3.05, 3.63) is 155 Å². The Morgan fingerprint density at radius 3 is 1.30 bits per heavy atom. The van der Waals surface area contributed by atoms with Crippen molar-refractivity contribution < 1.29 is 48.3 Å². The minimum absolute atomic E-state index is 0.00368. The van der Waals surface area contributed by atoms with Gasteiger partial charge in [-0.25, -0.2) is 0 Å². The third-order valence-corrected chi connectivity index (χ3v) is 12.3. The van der Waals surface area contributed by atoms with E-state index in [4.69, 9.17) is 24.1 Å². The largest absolute Gasteiger partial charge is 0.465 e. The van der Waals surface area contributed by atoms with Gasteiger partial charge in [0.15, 0.2) is 10.8 Å². The molecule has 0 fully saturated rings. The highest BCUT2D eigenvalue weighted by Gasteiger charge is 2.55. The van der Waals surface area contributed by atoms with Crippen molar-refractivity contribution in [2.45, 2.75) is 112 Å². The van der Waals surface area contributed by atoms with Gasteiger partial charge in [-0.15, -0.1) is 5.92 Å². The summed E-state index contributed by atoms with van der Waals surface area (Å²) in [6.07, 6.45) is 6.30. The molecule has 0 saturated heterocycles. The van der Waals surface area contributed by atoms with E-state index in [1.807, 2.05) is 109 Å². The summed E-state index contributed by atoms with van der Waals surface area (Å²) in [6, 6.07) is 38.8. The van der Waals surface area contributed by atoms with E-state index >= 15 is 0 Å². The van der Waals surface area contributed by atoms with Crippen molar-refractivity contribution in [1.29, 1.82) is 0 Å². The fourth-order valence-corrected chi connectivity index (χ4v) is 8.66. The lowest BCUT2D eigenvalue weighted by Gasteiger charge is -2.25. The van der Waals surface area contributed by atoms with E-state index in [-0.39, 0.29) is 65.3 Å². The molecule has 2 N–H and O–H groups in total. The maximum absolute atomic E-state index is 13.5. The standard InChI is InChI=1S/C32H36O5.C25H24O4.C7H12O/c1-4-7-18-24-27(21-33)29(23-16-12-9-13-17-23)26-20-32(30(34)36-5-2,31(35)37-6-3)19-25(26)28(24)22-14-10-8-11-15-22;1-3-28-23(26)25(24(27)29-4-2,19-11-17-21-13-7-5-8-14-21)20-12-18-22-15-9-6-10-16-22;1-2-3-4-5-6-7-8/h8-17,33H,4-7,18-21H2,1-3H3;5-10,13-16H,3-4,19-20H2,1-2H3;8H,2-4,7H2,1H3. The molecule has 1 aliphatic rings. The molecule has 0 radical (unpaired) electrons. The Morgan fingerprint density at radius 1 is 0.514 bits per heavy atom. The molecule has 0 amide bonds. The van der Waals surface area contributed by atoms with Crippen molar-refractivity contribution in [3.63, 3.8) is 0 Å². The number of hydrogen-bond acceptors (Lipinski definition) is 10. The molecular formula is C64H72O10. The second kappa shape index (κ2) is 31.9. The quantitative estimate of drug-likeness (QED) is 0.0286. The van der Waals surface area contributed by atoms with Gasteiger partial charge in [0.2, 0.25) is 0 Å². The lowest BCUT2D eigenvalue weighted by molar-refractivity contribution is -0.173. The molecule has 0 heterocycles. The summed E-state index contributed by atoms with van der Waals surface area (Å²) in [6.45, 7) is 11.7. The molecular weight excluding hydrogens is 929 g/mol. The average Bonchev–Trinajstić information content (AvgIpc) is 3.84. The molecule has 5 aromatic rings. The maximum atomic E-state index is 13.5. The summed E-state index contributed by atoms with van der Waals surface area (Å²) in [5.74, 6) is 14.9. The van der Waals surface area contributed by atoms with Gasteiger partial charge in [-0.2, -0.15) is 0 Å². The zero-order valence-electron chi connectivity index (χ0n) is 44.0. The summed E-state index contributed by atoms with van der Waals surface area (Å²) in [7, 11) is 0. The van der Waals surface area contributed by atoms with Gasteiger partial charge >= 0.3 is 23.9 Å². The predicted octanol–water partition coefficient (Wildman–Crippen LogP) is 11.2. The van der Waals surface area contributed by atoms with E-state index in [9.17, 15) is 24.3 Å². The number of ether oxygens (including phenoxy) is 4. The number of rotatable bonds is 18. The van der Waals surface area contributed by atoms with E-state index in [1.165, 1.54) is 6.42 Å². The van der Waals surface area contributed by atoms with Gasteiger partial charge in [0.1, 0.15) is 6.61 Å². The van der Waals surface area contributed by atoms with Gasteiger partial charge in [0.25, 0.3) is 0 Å². The maximum Gasteiger partial charge on any atom is 0.325 e. The summed E-state index contributed by atoms with van der Waals surface area (Å²) in [5, 5.41) is 19.0. The molecule has 1 aliphatic carbocycles. The first-order valence-corrected chi connectivity index (χ1v) is 25.8. The molecule has 388 valence electrons. The number of benzene rings is 5. The average molecular weight is 1000 g/mol. The Kier molecular flexibility index (Phi) is 25.5. The SMILES string of the molecule is CCCCC#CCO.CCCCc1c(CO)c(-c2ccccc2)c2c(c1-c1ccccc1)CC(C(=O)OCC)(C(=O)OCC)C2.CCOC(=O)C(CC#Cc1ccccc1)(CC#Cc1ccccc1)C(=O)OCC. The van der Waals surface area contributed by atoms with Gasteiger partial charge < -0.3 is 29.2 Å². The second-order valence-electron chi connectivity index (χ2n) is 17.4. The van der Waals surface area contributed by atoms with Crippen molar-refractivity contribution in [2.24, 2.45) is 10.8 Å². The zero-order chi connectivity index (χ0) is 53.6. The van der Waals surface area contributed by atoms with Crippen LogP contribution in [0, 0.1) is 46.4 Å². The summed E-state index contributed by atoms with van der Waals surface area (Å²) in [4.78, 5) is 52.6. The van der Waals surface area contributed by atoms with Crippen LogP contribution >= 0.6 is 0 Å². The first-order chi connectivity index (χ1) is 36.1. The molecule has 74 heavy (non-hydrogen) atoms. The molecule has 0 bridgehead atoms. The molecule has 5 aromatic carbocycles. The summed E-state index contributed by atoms with van der Waals surface area (Å²) in [5.41, 5.74) is 6.28. The highest BCUT2D eigenvalue weighted by atomic mass is 16.6. The first kappa shape index (κ1) is 59.1. The van der Waals surface area contributed by atoms with Gasteiger partial charge in [0.05, 0.1) is 33.0 Å². The van der Waals surface area contributed by atoms with E-state index in [0.717, 1.165) is 87.7 Å². The number of hydrogen-bond donors (Lipinski definition) is 2. The molecule has 0 aromatic heterocycles. The molecule has 10 heteroatoms. The topological polar surface area (TPSA) is 146 Å². The Morgan fingerprint density at radius 2 is 0.919 bits per heavy atom. The van der Waals surface area contributed by atoms with Gasteiger partial charge in [0, 0.05) is 43.2 Å². The summed E-state index contributed by atoms with van der Waals surface area (Å²) < 4.78 is 21.4. The van der Waals surface area contributed by atoms with E-state index in [1.54, 1.807) is 27.7 Å². The Hall–Kier alpha value is -7.42. The Bertz CT molecular complexity index is 2650. The van der Waals surface area contributed by atoms with E-state index in [2.05, 4.69) is 61.5 Å². The first-order valence-electron chi connectivity index (χ1n) is 25.8. The van der Waals surface area contributed by atoms with Crippen LogP contribution in [0.4, 0.5) is 0 Å². The van der Waals surface area contributed by atoms with Crippen LogP contribution in [0.5, 0.6) is 0 Å². The number of carbonyl (C=O) groups is 4. The zero-order valence-corrected chi connectivity index (χ0v) is 44.0. The van der Waals surface area contributed by atoms with E-state index in [0.29, 0.717) is 0 Å². The van der Waals surface area contributed by atoms with Gasteiger partial charge in [-0.05, 0) is 116 Å². The van der Waals surface area contributed by atoms with Crippen LogP contribution in [0.25, 0.3) is 22.3 Å². The third-order valence-electron chi connectivity index (χ3n) is 12.3. The number of aliphatic hydroxyl groups excluding tert-OH is 2. The summed E-state index contributed by atoms with van der Waals surface area (Å²) >= 11 is 0. The monoisotopic (exact) mass is 1000 g/mol. The van der Waals surface area contributed by atoms with Crippen LogP contribution in [-0.2, 0) is 64.0 Å². The molecule has 0 atom stereocenters. The van der Waals surface area contributed by atoms with Crippen LogP contribution in [0.15, 0.2) is 121 Å². The number of fused-ring (bicyclic) bond motifs is 1. The smallest absolute Gasteiger partial charge is 0.325 e. The minimum atomic E-state index is -1.59. The Balaban J connectivity index is 0.000000285. The Labute approximate surface area is 439 Å². The molecule has 0 saturated carbocycles. The van der Waals surface area contributed by atoms with Crippen LogP contribution in [0.1, 0.15) is 120 Å². The molecule has 0 unspecified atom stereocenters. The van der Waals surface area contributed by atoms with E-state index < -0.39 is 34.7 Å².